The molecule has 2 amide bonds. The van der Waals surface area contributed by atoms with Crippen molar-refractivity contribution in [3.05, 3.63) is 86.8 Å². The normalized spacial score (nSPS) is 10.3. The van der Waals surface area contributed by atoms with E-state index in [1.807, 2.05) is 13.0 Å². The van der Waals surface area contributed by atoms with Crippen LogP contribution >= 0.6 is 22.9 Å². The summed E-state index contributed by atoms with van der Waals surface area (Å²) in [5.41, 5.74) is 2.59. The Kier molecular flexibility index (Phi) is 6.32. The molecule has 1 aromatic heterocycles. The highest BCUT2D eigenvalue weighted by Crippen LogP contribution is 2.29. The second kappa shape index (κ2) is 8.91. The summed E-state index contributed by atoms with van der Waals surface area (Å²) >= 11 is 7.30. The molecule has 0 saturated heterocycles. The second-order valence-electron chi connectivity index (χ2n) is 6.53. The lowest BCUT2D eigenvalue weighted by Gasteiger charge is -2.17. The van der Waals surface area contributed by atoms with Gasteiger partial charge in [0.1, 0.15) is 0 Å². The molecule has 0 radical (unpaired) electrons. The Hall–Kier alpha value is -3.14. The number of nitrogens with one attached hydrogen (secondary N) is 1. The molecule has 0 aliphatic heterocycles. The molecule has 0 atom stereocenters. The van der Waals surface area contributed by atoms with E-state index in [0.717, 1.165) is 11.1 Å². The van der Waals surface area contributed by atoms with Crippen molar-refractivity contribution in [1.29, 1.82) is 5.26 Å². The minimum atomic E-state index is -0.322. The van der Waals surface area contributed by atoms with Crippen molar-refractivity contribution in [2.75, 3.05) is 12.4 Å². The van der Waals surface area contributed by atoms with Gasteiger partial charge in [-0.25, -0.2) is 0 Å². The lowest BCUT2D eigenvalue weighted by Crippen LogP contribution is -2.26. The zero-order valence-electron chi connectivity index (χ0n) is 15.9. The van der Waals surface area contributed by atoms with E-state index in [4.69, 9.17) is 16.9 Å². The molecule has 5 nitrogen and oxygen atoms in total. The van der Waals surface area contributed by atoms with Crippen LogP contribution in [0.2, 0.25) is 5.02 Å². The minimum absolute atomic E-state index is 0.145. The van der Waals surface area contributed by atoms with Gasteiger partial charge in [-0.15, -0.1) is 11.3 Å². The zero-order valence-corrected chi connectivity index (χ0v) is 17.5. The van der Waals surface area contributed by atoms with Gasteiger partial charge in [-0.3, -0.25) is 9.59 Å². The molecule has 1 N–H and O–H groups in total. The van der Waals surface area contributed by atoms with Crippen molar-refractivity contribution < 1.29 is 9.59 Å². The van der Waals surface area contributed by atoms with Gasteiger partial charge >= 0.3 is 0 Å². The molecule has 1 heterocycles. The summed E-state index contributed by atoms with van der Waals surface area (Å²) in [4.78, 5) is 27.5. The van der Waals surface area contributed by atoms with Crippen LogP contribution in [0.3, 0.4) is 0 Å². The fraction of sp³-hybridized carbons (Fsp3) is 0.136. The number of halogens is 1. The highest BCUT2D eigenvalue weighted by Gasteiger charge is 2.19. The molecule has 0 bridgehead atoms. The quantitative estimate of drug-likeness (QED) is 0.620. The van der Waals surface area contributed by atoms with Gasteiger partial charge in [0.25, 0.3) is 11.8 Å². The number of amides is 2. The third-order valence-corrected chi connectivity index (χ3v) is 5.76. The maximum atomic E-state index is 12.9. The predicted octanol–water partition coefficient (Wildman–Crippen LogP) is 5.11. The molecule has 0 saturated carbocycles. The molecule has 0 spiro atoms. The Labute approximate surface area is 178 Å². The number of hydrogen-bond acceptors (Lipinski definition) is 4. The standard InChI is InChI=1S/C22H18ClN3O2S/c1-14-10-19(25-21(27)17-8-3-4-9-18(17)23)29-20(14)22(28)26(2)13-16-7-5-6-15(11-16)12-24/h3-11H,13H2,1-2H3,(H,25,27). The Morgan fingerprint density at radius 1 is 1.17 bits per heavy atom. The van der Waals surface area contributed by atoms with E-state index in [1.165, 1.54) is 11.3 Å². The number of benzene rings is 2. The Morgan fingerprint density at radius 3 is 2.66 bits per heavy atom. The molecule has 3 aromatic rings. The third-order valence-electron chi connectivity index (χ3n) is 4.29. The van der Waals surface area contributed by atoms with Gasteiger partial charge in [-0.1, -0.05) is 35.9 Å². The number of hydrogen-bond donors (Lipinski definition) is 1. The van der Waals surface area contributed by atoms with Gasteiger partial charge in [0.2, 0.25) is 0 Å². The Bertz CT molecular complexity index is 1120. The lowest BCUT2D eigenvalue weighted by atomic mass is 10.1. The second-order valence-corrected chi connectivity index (χ2v) is 7.99. The first kappa shape index (κ1) is 20.6. The number of aryl methyl sites for hydroxylation is 1. The molecular formula is C22H18ClN3O2S. The number of nitriles is 1. The average Bonchev–Trinajstić information content (AvgIpc) is 3.07. The first-order valence-corrected chi connectivity index (χ1v) is 9.99. The fourth-order valence-corrected chi connectivity index (χ4v) is 4.12. The zero-order chi connectivity index (χ0) is 21.0. The van der Waals surface area contributed by atoms with Crippen molar-refractivity contribution in [3.63, 3.8) is 0 Å². The molecule has 0 fully saturated rings. The highest BCUT2D eigenvalue weighted by atomic mass is 35.5. The number of carbonyl (C=O) groups is 2. The number of rotatable bonds is 5. The monoisotopic (exact) mass is 423 g/mol. The fourth-order valence-electron chi connectivity index (χ4n) is 2.84. The summed E-state index contributed by atoms with van der Waals surface area (Å²) in [6.07, 6.45) is 0. The summed E-state index contributed by atoms with van der Waals surface area (Å²) in [6.45, 7) is 2.21. The third kappa shape index (κ3) is 4.83. The summed E-state index contributed by atoms with van der Waals surface area (Å²) in [5.74, 6) is -0.467. The van der Waals surface area contributed by atoms with Crippen LogP contribution in [0.15, 0.2) is 54.6 Å². The van der Waals surface area contributed by atoms with Crippen LogP contribution in [-0.4, -0.2) is 23.8 Å². The maximum absolute atomic E-state index is 12.9. The average molecular weight is 424 g/mol. The van der Waals surface area contributed by atoms with Gasteiger partial charge in [0.05, 0.1) is 32.1 Å². The number of carbonyl (C=O) groups excluding carboxylic acids is 2. The Balaban J connectivity index is 1.73. The Morgan fingerprint density at radius 2 is 1.93 bits per heavy atom. The molecule has 0 aliphatic carbocycles. The summed E-state index contributed by atoms with van der Waals surface area (Å²) in [6, 6.07) is 17.8. The van der Waals surface area contributed by atoms with Crippen molar-refractivity contribution in [2.24, 2.45) is 0 Å². The van der Waals surface area contributed by atoms with E-state index >= 15 is 0 Å². The van der Waals surface area contributed by atoms with Crippen molar-refractivity contribution >= 4 is 39.8 Å². The molecule has 7 heteroatoms. The molecule has 0 unspecified atom stereocenters. The van der Waals surface area contributed by atoms with E-state index < -0.39 is 0 Å². The summed E-state index contributed by atoms with van der Waals surface area (Å²) in [7, 11) is 1.71. The molecule has 146 valence electrons. The predicted molar refractivity (Wildman–Crippen MR) is 115 cm³/mol. The van der Waals surface area contributed by atoms with Crippen molar-refractivity contribution in [2.45, 2.75) is 13.5 Å². The van der Waals surface area contributed by atoms with Gasteiger partial charge in [-0.05, 0) is 48.4 Å². The number of anilines is 1. The molecule has 0 aliphatic rings. The van der Waals surface area contributed by atoms with E-state index in [0.29, 0.717) is 32.6 Å². The van der Waals surface area contributed by atoms with Crippen LogP contribution in [0, 0.1) is 18.3 Å². The van der Waals surface area contributed by atoms with Gasteiger partial charge < -0.3 is 10.2 Å². The maximum Gasteiger partial charge on any atom is 0.264 e. The molecule has 3 rings (SSSR count). The van der Waals surface area contributed by atoms with Crippen LogP contribution in [0.25, 0.3) is 0 Å². The van der Waals surface area contributed by atoms with E-state index in [1.54, 1.807) is 60.5 Å². The van der Waals surface area contributed by atoms with E-state index in [9.17, 15) is 9.59 Å². The van der Waals surface area contributed by atoms with E-state index in [2.05, 4.69) is 11.4 Å². The lowest BCUT2D eigenvalue weighted by molar-refractivity contribution is 0.0789. The van der Waals surface area contributed by atoms with Crippen molar-refractivity contribution in [1.82, 2.24) is 4.90 Å². The SMILES string of the molecule is Cc1cc(NC(=O)c2ccccc2Cl)sc1C(=O)N(C)Cc1cccc(C#N)c1. The van der Waals surface area contributed by atoms with Gasteiger partial charge in [-0.2, -0.15) is 5.26 Å². The van der Waals surface area contributed by atoms with Crippen LogP contribution in [0.4, 0.5) is 5.00 Å². The van der Waals surface area contributed by atoms with Gasteiger partial charge in [0.15, 0.2) is 0 Å². The first-order valence-electron chi connectivity index (χ1n) is 8.80. The molecule has 29 heavy (non-hydrogen) atoms. The largest absolute Gasteiger partial charge is 0.337 e. The van der Waals surface area contributed by atoms with Crippen molar-refractivity contribution in [3.8, 4) is 6.07 Å². The first-order chi connectivity index (χ1) is 13.9. The van der Waals surface area contributed by atoms with Crippen LogP contribution < -0.4 is 5.32 Å². The highest BCUT2D eigenvalue weighted by molar-refractivity contribution is 7.18. The van der Waals surface area contributed by atoms with E-state index in [-0.39, 0.29) is 11.8 Å². The molecule has 2 aromatic carbocycles. The molecular weight excluding hydrogens is 406 g/mol. The van der Waals surface area contributed by atoms with Crippen LogP contribution in [-0.2, 0) is 6.54 Å². The number of nitrogens with zero attached hydrogens (tertiary/aromatic N) is 2. The summed E-state index contributed by atoms with van der Waals surface area (Å²) < 4.78 is 0. The van der Waals surface area contributed by atoms with Crippen LogP contribution in [0.1, 0.15) is 36.7 Å². The smallest absolute Gasteiger partial charge is 0.264 e. The number of thiophene rings is 1. The summed E-state index contributed by atoms with van der Waals surface area (Å²) in [5, 5.41) is 12.8. The van der Waals surface area contributed by atoms with Gasteiger partial charge in [0, 0.05) is 13.6 Å². The van der Waals surface area contributed by atoms with Crippen LogP contribution in [0.5, 0.6) is 0 Å². The minimum Gasteiger partial charge on any atom is -0.337 e. The topological polar surface area (TPSA) is 73.2 Å².